The Hall–Kier alpha value is -1.02. The van der Waals surface area contributed by atoms with Gasteiger partial charge in [-0.1, -0.05) is 31.9 Å². The van der Waals surface area contributed by atoms with Crippen molar-refractivity contribution in [2.24, 2.45) is 11.3 Å². The minimum atomic E-state index is 0.445. The third-order valence-electron chi connectivity index (χ3n) is 5.16. The van der Waals surface area contributed by atoms with Crippen molar-refractivity contribution in [3.05, 3.63) is 29.8 Å². The zero-order valence-electron chi connectivity index (χ0n) is 14.3. The van der Waals surface area contributed by atoms with E-state index in [9.17, 15) is 0 Å². The molecule has 2 nitrogen and oxygen atoms in total. The van der Waals surface area contributed by atoms with E-state index in [-0.39, 0.29) is 0 Å². The number of nitrogens with zero attached hydrogens (tertiary/aromatic N) is 1. The molecule has 1 N–H and O–H groups in total. The van der Waals surface area contributed by atoms with Gasteiger partial charge in [0.2, 0.25) is 0 Å². The molecule has 1 aliphatic carbocycles. The average molecular weight is 288 g/mol. The summed E-state index contributed by atoms with van der Waals surface area (Å²) in [6, 6.07) is 8.95. The molecule has 0 spiro atoms. The molecule has 1 saturated carbocycles. The summed E-state index contributed by atoms with van der Waals surface area (Å²) in [5.74, 6) is 0.907. The molecule has 0 aliphatic heterocycles. The van der Waals surface area contributed by atoms with Crippen LogP contribution in [0.25, 0.3) is 0 Å². The van der Waals surface area contributed by atoms with Gasteiger partial charge in [-0.3, -0.25) is 0 Å². The van der Waals surface area contributed by atoms with E-state index < -0.39 is 0 Å². The fraction of sp³-hybridized carbons (Fsp3) is 0.684. The lowest BCUT2D eigenvalue weighted by Gasteiger charge is -2.43. The van der Waals surface area contributed by atoms with Gasteiger partial charge in [-0.2, -0.15) is 0 Å². The van der Waals surface area contributed by atoms with Gasteiger partial charge in [0.25, 0.3) is 0 Å². The monoisotopic (exact) mass is 288 g/mol. The van der Waals surface area contributed by atoms with Crippen LogP contribution < -0.4 is 10.2 Å². The maximum Gasteiger partial charge on any atom is 0.0368 e. The normalized spacial score (nSPS) is 25.8. The molecule has 1 aliphatic rings. The Morgan fingerprint density at radius 3 is 2.57 bits per heavy atom. The van der Waals surface area contributed by atoms with Gasteiger partial charge in [-0.15, -0.1) is 0 Å². The Morgan fingerprint density at radius 1 is 1.29 bits per heavy atom. The second kappa shape index (κ2) is 7.31. The van der Waals surface area contributed by atoms with Gasteiger partial charge in [0, 0.05) is 30.7 Å². The van der Waals surface area contributed by atoms with Gasteiger partial charge < -0.3 is 10.2 Å². The molecule has 0 amide bonds. The summed E-state index contributed by atoms with van der Waals surface area (Å²) in [6.07, 6.45) is 5.48. The highest BCUT2D eigenvalue weighted by molar-refractivity contribution is 5.48. The Morgan fingerprint density at radius 2 is 2.00 bits per heavy atom. The zero-order chi connectivity index (χ0) is 15.3. The number of hydrogen-bond acceptors (Lipinski definition) is 2. The average Bonchev–Trinajstić information content (AvgIpc) is 2.48. The second-order valence-corrected chi connectivity index (χ2v) is 7.07. The van der Waals surface area contributed by atoms with Crippen LogP contribution in [0.1, 0.15) is 45.1 Å². The summed E-state index contributed by atoms with van der Waals surface area (Å²) in [6.45, 7) is 10.3. The molecule has 0 unspecified atom stereocenters. The summed E-state index contributed by atoms with van der Waals surface area (Å²) in [5.41, 5.74) is 3.18. The first-order valence-corrected chi connectivity index (χ1v) is 8.55. The molecule has 1 aromatic rings. The van der Waals surface area contributed by atoms with Crippen molar-refractivity contribution in [1.29, 1.82) is 0 Å². The van der Waals surface area contributed by atoms with Gasteiger partial charge in [-0.25, -0.2) is 0 Å². The highest BCUT2D eigenvalue weighted by Gasteiger charge is 2.35. The summed E-state index contributed by atoms with van der Waals surface area (Å²) >= 11 is 0. The van der Waals surface area contributed by atoms with Crippen molar-refractivity contribution in [2.75, 3.05) is 31.6 Å². The highest BCUT2D eigenvalue weighted by Crippen LogP contribution is 2.39. The van der Waals surface area contributed by atoms with Crippen molar-refractivity contribution in [3.8, 4) is 0 Å². The number of nitrogens with one attached hydrogen (secondary N) is 1. The lowest BCUT2D eigenvalue weighted by atomic mass is 9.70. The third-order valence-corrected chi connectivity index (χ3v) is 5.16. The molecule has 21 heavy (non-hydrogen) atoms. The number of aryl methyl sites for hydroxylation is 1. The van der Waals surface area contributed by atoms with E-state index in [4.69, 9.17) is 0 Å². The van der Waals surface area contributed by atoms with Gasteiger partial charge in [0.15, 0.2) is 0 Å². The van der Waals surface area contributed by atoms with E-state index in [2.05, 4.69) is 62.3 Å². The van der Waals surface area contributed by atoms with Crippen molar-refractivity contribution in [2.45, 2.75) is 46.5 Å². The van der Waals surface area contributed by atoms with E-state index in [0.717, 1.165) is 19.0 Å². The summed E-state index contributed by atoms with van der Waals surface area (Å²) in [7, 11) is 2.10. The summed E-state index contributed by atoms with van der Waals surface area (Å²) in [5, 5.41) is 3.46. The van der Waals surface area contributed by atoms with Crippen LogP contribution in [0.2, 0.25) is 0 Å². The molecule has 1 aromatic carbocycles. The molecule has 0 radical (unpaired) electrons. The molecule has 118 valence electrons. The van der Waals surface area contributed by atoms with Crippen LogP contribution in [-0.2, 0) is 0 Å². The van der Waals surface area contributed by atoms with Crippen molar-refractivity contribution >= 4 is 5.69 Å². The third kappa shape index (κ3) is 4.23. The second-order valence-electron chi connectivity index (χ2n) is 7.07. The molecule has 1 fully saturated rings. The van der Waals surface area contributed by atoms with Gasteiger partial charge in [0.1, 0.15) is 0 Å². The summed E-state index contributed by atoms with van der Waals surface area (Å²) < 4.78 is 0. The number of rotatable bonds is 6. The lowest BCUT2D eigenvalue weighted by molar-refractivity contribution is 0.159. The van der Waals surface area contributed by atoms with Crippen molar-refractivity contribution in [3.63, 3.8) is 0 Å². The fourth-order valence-electron chi connectivity index (χ4n) is 3.76. The first-order valence-electron chi connectivity index (χ1n) is 8.55. The minimum absolute atomic E-state index is 0.445. The number of anilines is 1. The number of hydrogen-bond donors (Lipinski definition) is 1. The Balaban J connectivity index is 2.14. The van der Waals surface area contributed by atoms with E-state index in [1.165, 1.54) is 43.5 Å². The first-order chi connectivity index (χ1) is 10.1. The van der Waals surface area contributed by atoms with Crippen molar-refractivity contribution in [1.82, 2.24) is 5.32 Å². The van der Waals surface area contributed by atoms with Gasteiger partial charge in [-0.05, 0) is 57.4 Å². The fourth-order valence-corrected chi connectivity index (χ4v) is 3.76. The summed E-state index contributed by atoms with van der Waals surface area (Å²) in [4.78, 5) is 2.57. The molecular formula is C19H32N2. The standard InChI is InChI=1S/C19H32N2/c1-5-21(18-8-6-7-17(3)13-18)15-19(14-20-4)11-9-16(2)10-12-19/h6-8,13,16,20H,5,9-12,14-15H2,1-4H3. The maximum atomic E-state index is 3.46. The first kappa shape index (κ1) is 16.4. The largest absolute Gasteiger partial charge is 0.371 e. The molecular weight excluding hydrogens is 256 g/mol. The molecule has 0 aromatic heterocycles. The predicted molar refractivity (Wildman–Crippen MR) is 93.1 cm³/mol. The quantitative estimate of drug-likeness (QED) is 0.842. The predicted octanol–water partition coefficient (Wildman–Crippen LogP) is 4.24. The Kier molecular flexibility index (Phi) is 5.69. The van der Waals surface area contributed by atoms with Crippen LogP contribution in [0.15, 0.2) is 24.3 Å². The Labute approximate surface area is 130 Å². The number of benzene rings is 1. The SMILES string of the molecule is CCN(CC1(CNC)CCC(C)CC1)c1cccc(C)c1. The highest BCUT2D eigenvalue weighted by atomic mass is 15.1. The molecule has 2 heteroatoms. The molecule has 0 atom stereocenters. The topological polar surface area (TPSA) is 15.3 Å². The smallest absolute Gasteiger partial charge is 0.0368 e. The zero-order valence-corrected chi connectivity index (χ0v) is 14.3. The van der Waals surface area contributed by atoms with Crippen LogP contribution in [0.5, 0.6) is 0 Å². The molecule has 0 bridgehead atoms. The maximum absolute atomic E-state index is 3.46. The lowest BCUT2D eigenvalue weighted by Crippen LogP contribution is -2.45. The van der Waals surface area contributed by atoms with Gasteiger partial charge in [0.05, 0.1) is 0 Å². The van der Waals surface area contributed by atoms with Crippen LogP contribution >= 0.6 is 0 Å². The van der Waals surface area contributed by atoms with Crippen LogP contribution in [-0.4, -0.2) is 26.7 Å². The van der Waals surface area contributed by atoms with E-state index in [0.29, 0.717) is 5.41 Å². The van der Waals surface area contributed by atoms with Crippen LogP contribution in [0.4, 0.5) is 5.69 Å². The minimum Gasteiger partial charge on any atom is -0.371 e. The van der Waals surface area contributed by atoms with E-state index >= 15 is 0 Å². The Bertz CT molecular complexity index is 433. The molecule has 0 saturated heterocycles. The molecule has 2 rings (SSSR count). The van der Waals surface area contributed by atoms with E-state index in [1.807, 2.05) is 0 Å². The van der Waals surface area contributed by atoms with Gasteiger partial charge >= 0.3 is 0 Å². The van der Waals surface area contributed by atoms with E-state index in [1.54, 1.807) is 0 Å². The van der Waals surface area contributed by atoms with Crippen molar-refractivity contribution < 1.29 is 0 Å². The molecule has 0 heterocycles. The van der Waals surface area contributed by atoms with Crippen LogP contribution in [0, 0.1) is 18.3 Å². The van der Waals surface area contributed by atoms with Crippen LogP contribution in [0.3, 0.4) is 0 Å².